The number of carbonyl (C=O) groups is 1. The topological polar surface area (TPSA) is 64.1 Å². The lowest BCUT2D eigenvalue weighted by Gasteiger charge is -2.21. The molecule has 0 saturated carbocycles. The summed E-state index contributed by atoms with van der Waals surface area (Å²) in [5, 5.41) is 4.42. The van der Waals surface area contributed by atoms with Crippen molar-refractivity contribution < 1.29 is 9.53 Å². The third-order valence-corrected chi connectivity index (χ3v) is 6.78. The summed E-state index contributed by atoms with van der Waals surface area (Å²) >= 11 is 1.88. The molecule has 0 fully saturated rings. The number of hydrogen-bond donors (Lipinski definition) is 1. The molecule has 0 saturated heterocycles. The van der Waals surface area contributed by atoms with Gasteiger partial charge >= 0.3 is 5.97 Å². The highest BCUT2D eigenvalue weighted by Crippen LogP contribution is 2.40. The van der Waals surface area contributed by atoms with Crippen molar-refractivity contribution in [3.05, 3.63) is 95.3 Å². The fraction of sp³-hybridized carbons (Fsp3) is 0.192. The molecule has 5 nitrogen and oxygen atoms in total. The van der Waals surface area contributed by atoms with Gasteiger partial charge in [-0.05, 0) is 41.8 Å². The van der Waals surface area contributed by atoms with Crippen LogP contribution in [0.15, 0.2) is 77.7 Å². The Labute approximate surface area is 191 Å². The zero-order chi connectivity index (χ0) is 21.9. The summed E-state index contributed by atoms with van der Waals surface area (Å²) in [7, 11) is 0. The Balaban J connectivity index is 1.54. The van der Waals surface area contributed by atoms with Crippen LogP contribution in [0.1, 0.15) is 40.2 Å². The van der Waals surface area contributed by atoms with Crippen LogP contribution in [0.2, 0.25) is 0 Å². The van der Waals surface area contributed by atoms with E-state index in [0.29, 0.717) is 17.9 Å². The first-order valence-electron chi connectivity index (χ1n) is 10.7. The van der Waals surface area contributed by atoms with E-state index < -0.39 is 5.97 Å². The molecule has 0 amide bonds. The van der Waals surface area contributed by atoms with Crippen molar-refractivity contribution >= 4 is 34.5 Å². The quantitative estimate of drug-likeness (QED) is 0.404. The van der Waals surface area contributed by atoms with Gasteiger partial charge in [0.25, 0.3) is 0 Å². The van der Waals surface area contributed by atoms with Gasteiger partial charge in [-0.25, -0.2) is 14.8 Å². The average molecular weight is 442 g/mol. The molecule has 6 heteroatoms. The van der Waals surface area contributed by atoms with Crippen molar-refractivity contribution in [3.8, 4) is 0 Å². The molecule has 0 bridgehead atoms. The van der Waals surface area contributed by atoms with E-state index in [-0.39, 0.29) is 18.3 Å². The zero-order valence-corrected chi connectivity index (χ0v) is 18.6. The van der Waals surface area contributed by atoms with Crippen molar-refractivity contribution in [2.24, 2.45) is 0 Å². The molecule has 1 atom stereocenters. The van der Waals surface area contributed by atoms with Gasteiger partial charge < -0.3 is 10.1 Å². The predicted octanol–water partition coefficient (Wildman–Crippen LogP) is 5.66. The summed E-state index contributed by atoms with van der Waals surface area (Å²) in [5.41, 5.74) is 4.69. The molecule has 160 valence electrons. The second-order valence-corrected chi connectivity index (χ2v) is 8.61. The number of rotatable bonds is 5. The number of thioether (sulfide) groups is 1. The van der Waals surface area contributed by atoms with E-state index in [1.54, 1.807) is 6.92 Å². The van der Waals surface area contributed by atoms with E-state index in [0.717, 1.165) is 11.1 Å². The number of nitrogens with zero attached hydrogens (tertiary/aromatic N) is 2. The lowest BCUT2D eigenvalue weighted by molar-refractivity contribution is 0.0512. The van der Waals surface area contributed by atoms with Crippen LogP contribution in [0.25, 0.3) is 10.9 Å². The SMILES string of the molecule is CCOC(=O)c1nc(NCC2c3ccccc3CSc3ccccc32)c2ccccc2n1. The highest BCUT2D eigenvalue weighted by molar-refractivity contribution is 7.98. The van der Waals surface area contributed by atoms with Crippen molar-refractivity contribution in [2.45, 2.75) is 23.5 Å². The molecule has 1 aliphatic rings. The Hall–Kier alpha value is -3.38. The molecule has 1 aliphatic heterocycles. The predicted molar refractivity (Wildman–Crippen MR) is 128 cm³/mol. The Bertz CT molecular complexity index is 1240. The highest BCUT2D eigenvalue weighted by atomic mass is 32.2. The molecule has 3 aromatic carbocycles. The van der Waals surface area contributed by atoms with Crippen LogP contribution >= 0.6 is 11.8 Å². The summed E-state index contributed by atoms with van der Waals surface area (Å²) in [6.07, 6.45) is 0. The summed E-state index contributed by atoms with van der Waals surface area (Å²) in [4.78, 5) is 22.6. The van der Waals surface area contributed by atoms with Crippen molar-refractivity contribution in [1.82, 2.24) is 9.97 Å². The van der Waals surface area contributed by atoms with Crippen LogP contribution in [-0.2, 0) is 10.5 Å². The number of benzene rings is 3. The number of ether oxygens (including phenoxy) is 1. The van der Waals surface area contributed by atoms with Crippen molar-refractivity contribution in [3.63, 3.8) is 0 Å². The second kappa shape index (κ2) is 9.01. The average Bonchev–Trinajstić information content (AvgIpc) is 2.99. The Morgan fingerprint density at radius 3 is 2.62 bits per heavy atom. The molecule has 0 radical (unpaired) electrons. The smallest absolute Gasteiger partial charge is 0.376 e. The Morgan fingerprint density at radius 1 is 1.00 bits per heavy atom. The molecule has 1 unspecified atom stereocenters. The van der Waals surface area contributed by atoms with Gasteiger partial charge in [-0.1, -0.05) is 54.6 Å². The summed E-state index contributed by atoms with van der Waals surface area (Å²) < 4.78 is 5.14. The Morgan fingerprint density at radius 2 is 1.75 bits per heavy atom. The summed E-state index contributed by atoms with van der Waals surface area (Å²) in [6.45, 7) is 2.71. The van der Waals surface area contributed by atoms with Crippen LogP contribution in [0, 0.1) is 0 Å². The summed E-state index contributed by atoms with van der Waals surface area (Å²) in [5.74, 6) is 1.32. The monoisotopic (exact) mass is 441 g/mol. The maximum atomic E-state index is 12.3. The van der Waals surface area contributed by atoms with Crippen LogP contribution < -0.4 is 5.32 Å². The van der Waals surface area contributed by atoms with Crippen LogP contribution in [0.4, 0.5) is 5.82 Å². The number of fused-ring (bicyclic) bond motifs is 3. The molecule has 1 aromatic heterocycles. The summed E-state index contributed by atoms with van der Waals surface area (Å²) in [6, 6.07) is 24.9. The normalized spacial score (nSPS) is 14.8. The van der Waals surface area contributed by atoms with Gasteiger partial charge in [0.15, 0.2) is 0 Å². The first kappa shape index (κ1) is 20.5. The fourth-order valence-electron chi connectivity index (χ4n) is 4.15. The molecular weight excluding hydrogens is 418 g/mol. The van der Waals surface area contributed by atoms with Crippen LogP contribution in [0.5, 0.6) is 0 Å². The minimum absolute atomic E-state index is 0.0743. The lowest BCUT2D eigenvalue weighted by atomic mass is 9.88. The first-order chi connectivity index (χ1) is 15.7. The van der Waals surface area contributed by atoms with Gasteiger partial charge in [0.05, 0.1) is 12.1 Å². The number of aromatic nitrogens is 2. The van der Waals surface area contributed by atoms with Gasteiger partial charge in [0.1, 0.15) is 5.82 Å². The maximum Gasteiger partial charge on any atom is 0.376 e. The molecule has 0 aliphatic carbocycles. The van der Waals surface area contributed by atoms with E-state index in [1.165, 1.54) is 21.6 Å². The largest absolute Gasteiger partial charge is 0.460 e. The van der Waals surface area contributed by atoms with Crippen LogP contribution in [0.3, 0.4) is 0 Å². The Kier molecular flexibility index (Phi) is 5.77. The molecule has 32 heavy (non-hydrogen) atoms. The minimum atomic E-state index is -0.511. The third-order valence-electron chi connectivity index (χ3n) is 5.64. The first-order valence-corrected chi connectivity index (χ1v) is 11.7. The second-order valence-electron chi connectivity index (χ2n) is 7.59. The number of carbonyl (C=O) groups excluding carboxylic acids is 1. The lowest BCUT2D eigenvalue weighted by Crippen LogP contribution is -2.18. The molecule has 2 heterocycles. The molecule has 4 aromatic rings. The van der Waals surface area contributed by atoms with Gasteiger partial charge in [-0.15, -0.1) is 11.8 Å². The number of anilines is 1. The van der Waals surface area contributed by atoms with Crippen molar-refractivity contribution in [1.29, 1.82) is 0 Å². The highest BCUT2D eigenvalue weighted by Gasteiger charge is 2.24. The number of para-hydroxylation sites is 1. The number of hydrogen-bond acceptors (Lipinski definition) is 6. The van der Waals surface area contributed by atoms with E-state index >= 15 is 0 Å². The van der Waals surface area contributed by atoms with Crippen LogP contribution in [-0.4, -0.2) is 29.1 Å². The minimum Gasteiger partial charge on any atom is -0.460 e. The molecule has 0 spiro atoms. The van der Waals surface area contributed by atoms with E-state index in [4.69, 9.17) is 4.74 Å². The van der Waals surface area contributed by atoms with E-state index in [2.05, 4.69) is 63.8 Å². The maximum absolute atomic E-state index is 12.3. The molecule has 1 N–H and O–H groups in total. The third kappa shape index (κ3) is 3.94. The van der Waals surface area contributed by atoms with Gasteiger partial charge in [0, 0.05) is 28.5 Å². The molecule has 5 rings (SSSR count). The van der Waals surface area contributed by atoms with Gasteiger partial charge in [-0.2, -0.15) is 0 Å². The zero-order valence-electron chi connectivity index (χ0n) is 17.7. The molecular formula is C26H23N3O2S. The number of esters is 1. The number of nitrogens with one attached hydrogen (secondary N) is 1. The van der Waals surface area contributed by atoms with E-state index in [9.17, 15) is 4.79 Å². The van der Waals surface area contributed by atoms with Crippen molar-refractivity contribution in [2.75, 3.05) is 18.5 Å². The van der Waals surface area contributed by atoms with Gasteiger partial charge in [-0.3, -0.25) is 0 Å². The van der Waals surface area contributed by atoms with Gasteiger partial charge in [0.2, 0.25) is 5.82 Å². The van der Waals surface area contributed by atoms with E-state index in [1.807, 2.05) is 36.0 Å². The standard InChI is InChI=1S/C26H23N3O2S/c1-2-31-26(30)25-28-22-13-7-5-12-20(22)24(29-25)27-15-21-18-10-4-3-9-17(18)16-32-23-14-8-6-11-19(21)23/h3-14,21H,2,15-16H2,1H3,(H,27,28,29). The fourth-order valence-corrected chi connectivity index (χ4v) is 5.27.